The van der Waals surface area contributed by atoms with Crippen LogP contribution in [-0.2, 0) is 4.79 Å². The second kappa shape index (κ2) is 4.13. The van der Waals surface area contributed by atoms with E-state index in [0.717, 1.165) is 0 Å². The molecule has 0 spiro atoms. The summed E-state index contributed by atoms with van der Waals surface area (Å²) >= 11 is 5.58. The molecule has 3 heteroatoms. The minimum atomic E-state index is 0.0976. The van der Waals surface area contributed by atoms with Crippen LogP contribution in [0.1, 0.15) is 26.7 Å². The minimum Gasteiger partial charge on any atom is -0.352 e. The lowest BCUT2D eigenvalue weighted by atomic mass is 10.1. The summed E-state index contributed by atoms with van der Waals surface area (Å²) in [5.41, 5.74) is 0. The summed E-state index contributed by atoms with van der Waals surface area (Å²) in [6, 6.07) is 0.0976. The molecule has 0 heterocycles. The predicted octanol–water partition coefficient (Wildman–Crippen LogP) is 1.78. The third kappa shape index (κ3) is 2.67. The summed E-state index contributed by atoms with van der Waals surface area (Å²) in [4.78, 5) is 11.4. The molecule has 1 saturated carbocycles. The van der Waals surface area contributed by atoms with Crippen LogP contribution in [0.4, 0.5) is 0 Å². The molecule has 1 aliphatic rings. The number of carbonyl (C=O) groups excluding carboxylic acids is 1. The van der Waals surface area contributed by atoms with E-state index in [2.05, 4.69) is 5.32 Å². The standard InChI is InChI=1S/C9H16ClNO/c1-6(5-10)11-9(12)7(2)8-3-4-8/h6-8H,3-5H2,1-2H3,(H,11,12). The van der Waals surface area contributed by atoms with Gasteiger partial charge in [0.05, 0.1) is 0 Å². The number of nitrogens with one attached hydrogen (secondary N) is 1. The van der Waals surface area contributed by atoms with Gasteiger partial charge in [0.15, 0.2) is 0 Å². The van der Waals surface area contributed by atoms with E-state index in [-0.39, 0.29) is 17.9 Å². The lowest BCUT2D eigenvalue weighted by Crippen LogP contribution is -2.37. The summed E-state index contributed by atoms with van der Waals surface area (Å²) in [7, 11) is 0. The first-order valence-electron chi connectivity index (χ1n) is 4.51. The lowest BCUT2D eigenvalue weighted by Gasteiger charge is -2.14. The molecule has 1 N–H and O–H groups in total. The number of amides is 1. The van der Waals surface area contributed by atoms with Crippen molar-refractivity contribution in [2.24, 2.45) is 11.8 Å². The average Bonchev–Trinajstić information content (AvgIpc) is 2.85. The molecule has 1 rings (SSSR count). The first-order valence-corrected chi connectivity index (χ1v) is 5.05. The number of rotatable bonds is 4. The number of hydrogen-bond donors (Lipinski definition) is 1. The minimum absolute atomic E-state index is 0.0976. The van der Waals surface area contributed by atoms with Crippen molar-refractivity contribution in [3.05, 3.63) is 0 Å². The maximum absolute atomic E-state index is 11.4. The fourth-order valence-corrected chi connectivity index (χ4v) is 1.30. The van der Waals surface area contributed by atoms with Crippen LogP contribution in [0.25, 0.3) is 0 Å². The van der Waals surface area contributed by atoms with Crippen LogP contribution in [0, 0.1) is 11.8 Å². The highest BCUT2D eigenvalue weighted by Crippen LogP contribution is 2.36. The Balaban J connectivity index is 2.26. The largest absolute Gasteiger partial charge is 0.352 e. The highest BCUT2D eigenvalue weighted by molar-refractivity contribution is 6.18. The van der Waals surface area contributed by atoms with E-state index in [4.69, 9.17) is 11.6 Å². The fourth-order valence-electron chi connectivity index (χ4n) is 1.22. The van der Waals surface area contributed by atoms with Crippen LogP contribution < -0.4 is 5.32 Å². The maximum atomic E-state index is 11.4. The Morgan fingerprint density at radius 3 is 2.58 bits per heavy atom. The third-order valence-electron chi connectivity index (χ3n) is 2.36. The van der Waals surface area contributed by atoms with Crippen molar-refractivity contribution in [3.63, 3.8) is 0 Å². The Morgan fingerprint density at radius 1 is 1.58 bits per heavy atom. The number of carbonyl (C=O) groups is 1. The molecule has 1 amide bonds. The zero-order valence-corrected chi connectivity index (χ0v) is 8.40. The molecule has 2 unspecified atom stereocenters. The normalized spacial score (nSPS) is 21.6. The first-order chi connectivity index (χ1) is 5.65. The Labute approximate surface area is 78.7 Å². The lowest BCUT2D eigenvalue weighted by molar-refractivity contribution is -0.125. The Morgan fingerprint density at radius 2 is 2.17 bits per heavy atom. The van der Waals surface area contributed by atoms with Gasteiger partial charge in [0.1, 0.15) is 0 Å². The van der Waals surface area contributed by atoms with E-state index >= 15 is 0 Å². The van der Waals surface area contributed by atoms with E-state index in [1.165, 1.54) is 12.8 Å². The second-order valence-electron chi connectivity index (χ2n) is 3.69. The quantitative estimate of drug-likeness (QED) is 0.672. The van der Waals surface area contributed by atoms with E-state index < -0.39 is 0 Å². The molecule has 0 radical (unpaired) electrons. The van der Waals surface area contributed by atoms with Gasteiger partial charge in [-0.1, -0.05) is 6.92 Å². The van der Waals surface area contributed by atoms with Crippen LogP contribution >= 0.6 is 11.6 Å². The van der Waals surface area contributed by atoms with Crippen molar-refractivity contribution in [1.82, 2.24) is 5.32 Å². The molecule has 70 valence electrons. The van der Waals surface area contributed by atoms with Gasteiger partial charge in [0.25, 0.3) is 0 Å². The van der Waals surface area contributed by atoms with Gasteiger partial charge in [0.2, 0.25) is 5.91 Å². The predicted molar refractivity (Wildman–Crippen MR) is 50.2 cm³/mol. The van der Waals surface area contributed by atoms with Crippen molar-refractivity contribution in [2.45, 2.75) is 32.7 Å². The SMILES string of the molecule is CC(CCl)NC(=O)C(C)C1CC1. The Bertz CT molecular complexity index is 168. The summed E-state index contributed by atoms with van der Waals surface area (Å²) in [5, 5.41) is 2.88. The molecule has 0 aliphatic heterocycles. The smallest absolute Gasteiger partial charge is 0.223 e. The number of hydrogen-bond acceptors (Lipinski definition) is 1. The van der Waals surface area contributed by atoms with Gasteiger partial charge < -0.3 is 5.32 Å². The van der Waals surface area contributed by atoms with Crippen LogP contribution in [-0.4, -0.2) is 17.8 Å². The van der Waals surface area contributed by atoms with Gasteiger partial charge in [-0.2, -0.15) is 0 Å². The van der Waals surface area contributed by atoms with E-state index in [0.29, 0.717) is 11.8 Å². The molecular weight excluding hydrogens is 174 g/mol. The average molecular weight is 190 g/mol. The van der Waals surface area contributed by atoms with Gasteiger partial charge in [0, 0.05) is 17.8 Å². The molecular formula is C9H16ClNO. The van der Waals surface area contributed by atoms with Crippen molar-refractivity contribution >= 4 is 17.5 Å². The van der Waals surface area contributed by atoms with Gasteiger partial charge in [-0.25, -0.2) is 0 Å². The van der Waals surface area contributed by atoms with Crippen molar-refractivity contribution in [3.8, 4) is 0 Å². The molecule has 1 fully saturated rings. The summed E-state index contributed by atoms with van der Waals surface area (Å²) in [6.45, 7) is 3.92. The van der Waals surface area contributed by atoms with E-state index in [9.17, 15) is 4.79 Å². The van der Waals surface area contributed by atoms with Crippen molar-refractivity contribution < 1.29 is 4.79 Å². The monoisotopic (exact) mass is 189 g/mol. The topological polar surface area (TPSA) is 29.1 Å². The van der Waals surface area contributed by atoms with Crippen molar-refractivity contribution in [2.75, 3.05) is 5.88 Å². The summed E-state index contributed by atoms with van der Waals surface area (Å²) < 4.78 is 0. The van der Waals surface area contributed by atoms with Crippen LogP contribution in [0.5, 0.6) is 0 Å². The molecule has 0 aromatic heterocycles. The second-order valence-corrected chi connectivity index (χ2v) is 4.00. The van der Waals surface area contributed by atoms with Crippen LogP contribution in [0.3, 0.4) is 0 Å². The molecule has 2 atom stereocenters. The molecule has 0 aromatic carbocycles. The van der Waals surface area contributed by atoms with E-state index in [1.807, 2.05) is 13.8 Å². The molecule has 0 bridgehead atoms. The van der Waals surface area contributed by atoms with Gasteiger partial charge in [-0.05, 0) is 25.7 Å². The molecule has 1 aliphatic carbocycles. The van der Waals surface area contributed by atoms with Gasteiger partial charge in [-0.15, -0.1) is 11.6 Å². The van der Waals surface area contributed by atoms with Gasteiger partial charge in [-0.3, -0.25) is 4.79 Å². The number of alkyl halides is 1. The molecule has 0 aromatic rings. The highest BCUT2D eigenvalue weighted by Gasteiger charge is 2.32. The van der Waals surface area contributed by atoms with Gasteiger partial charge >= 0.3 is 0 Å². The maximum Gasteiger partial charge on any atom is 0.223 e. The van der Waals surface area contributed by atoms with E-state index in [1.54, 1.807) is 0 Å². The fraction of sp³-hybridized carbons (Fsp3) is 0.889. The number of halogens is 1. The zero-order valence-electron chi connectivity index (χ0n) is 7.64. The first kappa shape index (κ1) is 9.85. The summed E-state index contributed by atoms with van der Waals surface area (Å²) in [5.74, 6) is 1.46. The molecule has 0 saturated heterocycles. The highest BCUT2D eigenvalue weighted by atomic mass is 35.5. The third-order valence-corrected chi connectivity index (χ3v) is 2.83. The van der Waals surface area contributed by atoms with Crippen LogP contribution in [0.15, 0.2) is 0 Å². The molecule has 2 nitrogen and oxygen atoms in total. The van der Waals surface area contributed by atoms with Crippen LogP contribution in [0.2, 0.25) is 0 Å². The Hall–Kier alpha value is -0.240. The molecule has 12 heavy (non-hydrogen) atoms. The zero-order chi connectivity index (χ0) is 9.14. The Kier molecular flexibility index (Phi) is 3.39. The summed E-state index contributed by atoms with van der Waals surface area (Å²) in [6.07, 6.45) is 2.42. The van der Waals surface area contributed by atoms with Crippen molar-refractivity contribution in [1.29, 1.82) is 0 Å².